The van der Waals surface area contributed by atoms with Crippen molar-refractivity contribution < 1.29 is 17.6 Å². The number of halogens is 4. The molecule has 0 heterocycles. The zero-order valence-electron chi connectivity index (χ0n) is 8.61. The molecule has 1 aromatic carbocycles. The van der Waals surface area contributed by atoms with E-state index < -0.39 is 17.6 Å². The molecule has 0 bridgehead atoms. The third kappa shape index (κ3) is 3.34. The minimum Gasteiger partial charge on any atom is -0.316 e. The van der Waals surface area contributed by atoms with E-state index in [4.69, 9.17) is 0 Å². The summed E-state index contributed by atoms with van der Waals surface area (Å²) in [5.74, 6) is -1.25. The Morgan fingerprint density at radius 3 is 2.56 bits per heavy atom. The molecule has 0 fully saturated rings. The molecule has 1 nitrogen and oxygen atoms in total. The van der Waals surface area contributed by atoms with E-state index in [0.29, 0.717) is 12.1 Å². The summed E-state index contributed by atoms with van der Waals surface area (Å²) in [4.78, 5) is 0. The van der Waals surface area contributed by atoms with Crippen molar-refractivity contribution in [2.24, 2.45) is 0 Å². The van der Waals surface area contributed by atoms with Gasteiger partial charge in [-0.1, -0.05) is 18.2 Å². The molecule has 0 amide bonds. The van der Waals surface area contributed by atoms with Gasteiger partial charge in [-0.05, 0) is 24.7 Å². The predicted octanol–water partition coefficient (Wildman–Crippen LogP) is 3.08. The molecule has 1 N–H and O–H groups in total. The molecule has 5 heteroatoms. The first-order valence-electron chi connectivity index (χ1n) is 4.63. The van der Waals surface area contributed by atoms with Crippen LogP contribution in [0, 0.1) is 5.82 Å². The van der Waals surface area contributed by atoms with Crippen LogP contribution in [0.25, 0.3) is 6.08 Å². The van der Waals surface area contributed by atoms with E-state index in [0.717, 1.165) is 12.1 Å². The molecule has 0 atom stereocenters. The lowest BCUT2D eigenvalue weighted by Gasteiger charge is -2.08. The van der Waals surface area contributed by atoms with Crippen LogP contribution < -0.4 is 5.32 Å². The molecule has 0 aliphatic rings. The molecule has 0 radical (unpaired) electrons. The van der Waals surface area contributed by atoms with Crippen LogP contribution in [0.3, 0.4) is 0 Å². The Morgan fingerprint density at radius 2 is 2.00 bits per heavy atom. The van der Waals surface area contributed by atoms with E-state index in [2.05, 4.69) is 5.32 Å². The molecule has 0 aliphatic carbocycles. The molecular formula is C11H11F4N. The lowest BCUT2D eigenvalue weighted by atomic mass is 10.1. The average Bonchev–Trinajstić information content (AvgIpc) is 2.19. The Labute approximate surface area is 90.8 Å². The molecule has 88 valence electrons. The van der Waals surface area contributed by atoms with Gasteiger partial charge in [0.25, 0.3) is 0 Å². The SMILES string of the molecule is CNC/C=C/c1ccc(F)c(C(F)(F)F)c1. The standard InChI is InChI=1S/C11H11F4N/c1-16-6-2-3-8-4-5-10(12)9(7-8)11(13,14)15/h2-5,7,16H,6H2,1H3/b3-2+. The maximum absolute atomic E-state index is 12.9. The Morgan fingerprint density at radius 1 is 1.31 bits per heavy atom. The molecular weight excluding hydrogens is 222 g/mol. The second kappa shape index (κ2) is 5.12. The van der Waals surface area contributed by atoms with Crippen LogP contribution in [0.5, 0.6) is 0 Å². The van der Waals surface area contributed by atoms with Gasteiger partial charge < -0.3 is 5.32 Å². The average molecular weight is 233 g/mol. The molecule has 0 aliphatic heterocycles. The fourth-order valence-electron chi connectivity index (χ4n) is 1.18. The van der Waals surface area contributed by atoms with Gasteiger partial charge in [-0.25, -0.2) is 4.39 Å². The van der Waals surface area contributed by atoms with E-state index in [1.807, 2.05) is 0 Å². The zero-order chi connectivity index (χ0) is 12.2. The van der Waals surface area contributed by atoms with E-state index >= 15 is 0 Å². The second-order valence-electron chi connectivity index (χ2n) is 3.20. The van der Waals surface area contributed by atoms with Gasteiger partial charge in [-0.2, -0.15) is 13.2 Å². The van der Waals surface area contributed by atoms with Crippen molar-refractivity contribution in [1.29, 1.82) is 0 Å². The number of hydrogen-bond acceptors (Lipinski definition) is 1. The molecule has 0 aromatic heterocycles. The van der Waals surface area contributed by atoms with Gasteiger partial charge in [0.2, 0.25) is 0 Å². The fourth-order valence-corrected chi connectivity index (χ4v) is 1.18. The number of rotatable bonds is 3. The molecule has 16 heavy (non-hydrogen) atoms. The van der Waals surface area contributed by atoms with Crippen molar-refractivity contribution in [2.75, 3.05) is 13.6 Å². The summed E-state index contributed by atoms with van der Waals surface area (Å²) in [5, 5.41) is 2.81. The number of hydrogen-bond donors (Lipinski definition) is 1. The lowest BCUT2D eigenvalue weighted by molar-refractivity contribution is -0.140. The van der Waals surface area contributed by atoms with Crippen LogP contribution in [0.1, 0.15) is 11.1 Å². The number of alkyl halides is 3. The summed E-state index contributed by atoms with van der Waals surface area (Å²) in [6.45, 7) is 0.540. The summed E-state index contributed by atoms with van der Waals surface area (Å²) in [6.07, 6.45) is -1.49. The highest BCUT2D eigenvalue weighted by Gasteiger charge is 2.33. The monoisotopic (exact) mass is 233 g/mol. The van der Waals surface area contributed by atoms with Crippen LogP contribution in [0.4, 0.5) is 17.6 Å². The van der Waals surface area contributed by atoms with Crippen molar-refractivity contribution in [3.8, 4) is 0 Å². The van der Waals surface area contributed by atoms with E-state index in [1.165, 1.54) is 12.1 Å². The molecule has 0 saturated heterocycles. The third-order valence-electron chi connectivity index (χ3n) is 1.93. The highest BCUT2D eigenvalue weighted by Crippen LogP contribution is 2.32. The van der Waals surface area contributed by atoms with E-state index in [1.54, 1.807) is 13.1 Å². The second-order valence-corrected chi connectivity index (χ2v) is 3.20. The highest BCUT2D eigenvalue weighted by atomic mass is 19.4. The normalized spacial score (nSPS) is 12.3. The summed E-state index contributed by atoms with van der Waals surface area (Å²) in [7, 11) is 1.72. The van der Waals surface area contributed by atoms with Gasteiger partial charge in [-0.3, -0.25) is 0 Å². The molecule has 0 spiro atoms. The van der Waals surface area contributed by atoms with Crippen molar-refractivity contribution in [3.63, 3.8) is 0 Å². The first-order chi connectivity index (χ1) is 7.45. The fraction of sp³-hybridized carbons (Fsp3) is 0.273. The summed E-state index contributed by atoms with van der Waals surface area (Å²) < 4.78 is 49.9. The van der Waals surface area contributed by atoms with Gasteiger partial charge in [0.1, 0.15) is 5.82 Å². The maximum Gasteiger partial charge on any atom is 0.419 e. The maximum atomic E-state index is 12.9. The summed E-state index contributed by atoms with van der Waals surface area (Å²) >= 11 is 0. The summed E-state index contributed by atoms with van der Waals surface area (Å²) in [6, 6.07) is 2.92. The largest absolute Gasteiger partial charge is 0.419 e. The molecule has 1 rings (SSSR count). The van der Waals surface area contributed by atoms with Crippen molar-refractivity contribution in [3.05, 3.63) is 41.2 Å². The number of nitrogens with one attached hydrogen (secondary N) is 1. The third-order valence-corrected chi connectivity index (χ3v) is 1.93. The van der Waals surface area contributed by atoms with Crippen LogP contribution in [0.2, 0.25) is 0 Å². The Bertz CT molecular complexity index is 382. The number of benzene rings is 1. The Hall–Kier alpha value is -1.36. The van der Waals surface area contributed by atoms with E-state index in [9.17, 15) is 17.6 Å². The first-order valence-corrected chi connectivity index (χ1v) is 4.63. The Kier molecular flexibility index (Phi) is 4.06. The van der Waals surface area contributed by atoms with Crippen LogP contribution in [-0.2, 0) is 6.18 Å². The van der Waals surface area contributed by atoms with Crippen molar-refractivity contribution in [2.45, 2.75) is 6.18 Å². The van der Waals surface area contributed by atoms with Gasteiger partial charge in [0, 0.05) is 6.54 Å². The zero-order valence-corrected chi connectivity index (χ0v) is 8.61. The van der Waals surface area contributed by atoms with Gasteiger partial charge in [-0.15, -0.1) is 0 Å². The van der Waals surface area contributed by atoms with Gasteiger partial charge in [0.15, 0.2) is 0 Å². The molecule has 1 aromatic rings. The quantitative estimate of drug-likeness (QED) is 0.791. The lowest BCUT2D eigenvalue weighted by Crippen LogP contribution is -2.08. The predicted molar refractivity (Wildman–Crippen MR) is 54.4 cm³/mol. The number of likely N-dealkylation sites (N-methyl/N-ethyl adjacent to an activating group) is 1. The Balaban J connectivity index is 2.99. The van der Waals surface area contributed by atoms with Gasteiger partial charge >= 0.3 is 6.18 Å². The minimum absolute atomic E-state index is 0.323. The van der Waals surface area contributed by atoms with Crippen LogP contribution in [-0.4, -0.2) is 13.6 Å². The summed E-state index contributed by atoms with van der Waals surface area (Å²) in [5.41, 5.74) is -0.914. The highest BCUT2D eigenvalue weighted by molar-refractivity contribution is 5.51. The topological polar surface area (TPSA) is 12.0 Å². The minimum atomic E-state index is -4.66. The van der Waals surface area contributed by atoms with Gasteiger partial charge in [0.05, 0.1) is 5.56 Å². The van der Waals surface area contributed by atoms with Crippen molar-refractivity contribution in [1.82, 2.24) is 5.32 Å². The first kappa shape index (κ1) is 12.7. The van der Waals surface area contributed by atoms with Crippen LogP contribution in [0.15, 0.2) is 24.3 Å². The van der Waals surface area contributed by atoms with Crippen LogP contribution >= 0.6 is 0 Å². The smallest absolute Gasteiger partial charge is 0.316 e. The van der Waals surface area contributed by atoms with Crippen molar-refractivity contribution >= 4 is 6.08 Å². The van der Waals surface area contributed by atoms with E-state index in [-0.39, 0.29) is 0 Å². The molecule has 0 saturated carbocycles. The molecule has 0 unspecified atom stereocenters.